The van der Waals surface area contributed by atoms with Crippen LogP contribution < -0.4 is 5.32 Å². The molecule has 1 amide bonds. The van der Waals surface area contributed by atoms with Crippen LogP contribution >= 0.6 is 11.3 Å². The third-order valence-electron chi connectivity index (χ3n) is 2.56. The zero-order valence-corrected chi connectivity index (χ0v) is 11.6. The van der Waals surface area contributed by atoms with Gasteiger partial charge in [0.05, 0.1) is 5.92 Å². The fourth-order valence-electron chi connectivity index (χ4n) is 1.26. The van der Waals surface area contributed by atoms with E-state index in [0.29, 0.717) is 17.5 Å². The van der Waals surface area contributed by atoms with E-state index < -0.39 is 11.9 Å². The Kier molecular flexibility index (Phi) is 5.27. The molecule has 100 valence electrons. The van der Waals surface area contributed by atoms with Crippen molar-refractivity contribution >= 4 is 28.3 Å². The number of carbonyl (C=O) groups is 2. The summed E-state index contributed by atoms with van der Waals surface area (Å²) in [4.78, 5) is 27.4. The summed E-state index contributed by atoms with van der Waals surface area (Å²) in [5.41, 5.74) is 0. The topological polar surface area (TPSA) is 79.3 Å². The van der Waals surface area contributed by atoms with Crippen molar-refractivity contribution in [2.45, 2.75) is 39.5 Å². The summed E-state index contributed by atoms with van der Waals surface area (Å²) in [5.74, 6) is -1.18. The fourth-order valence-corrected chi connectivity index (χ4v) is 2.10. The smallest absolute Gasteiger partial charge is 0.306 e. The average molecular weight is 270 g/mol. The lowest BCUT2D eigenvalue weighted by molar-refractivity contribution is -0.141. The lowest BCUT2D eigenvalue weighted by Crippen LogP contribution is -2.16. The van der Waals surface area contributed by atoms with Gasteiger partial charge in [-0.05, 0) is 12.3 Å². The minimum absolute atomic E-state index is 0.187. The lowest BCUT2D eigenvalue weighted by atomic mass is 10.1. The molecule has 1 heterocycles. The molecule has 0 spiro atoms. The Labute approximate surface area is 110 Å². The quantitative estimate of drug-likeness (QED) is 0.833. The molecule has 0 fully saturated rings. The molecule has 6 heteroatoms. The molecular formula is C12H18N2O3S. The Balaban J connectivity index is 2.42. The summed E-state index contributed by atoms with van der Waals surface area (Å²) >= 11 is 1.45. The van der Waals surface area contributed by atoms with E-state index in [-0.39, 0.29) is 12.3 Å². The second-order valence-electron chi connectivity index (χ2n) is 4.55. The SMILES string of the molecule is CC(CCC(=O)Nc1ncc(C(C)C)s1)C(=O)O. The van der Waals surface area contributed by atoms with Gasteiger partial charge in [0, 0.05) is 17.5 Å². The van der Waals surface area contributed by atoms with Gasteiger partial charge in [0.2, 0.25) is 5.91 Å². The Morgan fingerprint density at radius 2 is 2.11 bits per heavy atom. The van der Waals surface area contributed by atoms with E-state index in [1.54, 1.807) is 13.1 Å². The van der Waals surface area contributed by atoms with Crippen LogP contribution in [0.5, 0.6) is 0 Å². The number of nitrogens with zero attached hydrogens (tertiary/aromatic N) is 1. The van der Waals surface area contributed by atoms with Gasteiger partial charge in [0.1, 0.15) is 0 Å². The van der Waals surface area contributed by atoms with Gasteiger partial charge >= 0.3 is 5.97 Å². The first-order valence-electron chi connectivity index (χ1n) is 5.88. The van der Waals surface area contributed by atoms with E-state index in [2.05, 4.69) is 24.1 Å². The molecular weight excluding hydrogens is 252 g/mol. The molecule has 1 aromatic heterocycles. The highest BCUT2D eigenvalue weighted by Gasteiger charge is 2.14. The van der Waals surface area contributed by atoms with E-state index in [0.717, 1.165) is 4.88 Å². The summed E-state index contributed by atoms with van der Waals surface area (Å²) in [6, 6.07) is 0. The van der Waals surface area contributed by atoms with Gasteiger partial charge in [-0.3, -0.25) is 9.59 Å². The highest BCUT2D eigenvalue weighted by molar-refractivity contribution is 7.15. The first-order chi connectivity index (χ1) is 8.40. The third kappa shape index (κ3) is 4.44. The van der Waals surface area contributed by atoms with E-state index in [9.17, 15) is 9.59 Å². The summed E-state index contributed by atoms with van der Waals surface area (Å²) in [6.07, 6.45) is 2.29. The summed E-state index contributed by atoms with van der Waals surface area (Å²) in [7, 11) is 0. The van der Waals surface area contributed by atoms with Gasteiger partial charge in [0.15, 0.2) is 5.13 Å². The van der Waals surface area contributed by atoms with Crippen molar-refractivity contribution in [2.24, 2.45) is 5.92 Å². The molecule has 0 aromatic carbocycles. The molecule has 2 N–H and O–H groups in total. The first-order valence-corrected chi connectivity index (χ1v) is 6.70. The average Bonchev–Trinajstić information content (AvgIpc) is 2.74. The number of hydrogen-bond donors (Lipinski definition) is 2. The lowest BCUT2D eigenvalue weighted by Gasteiger charge is -2.05. The maximum absolute atomic E-state index is 11.6. The molecule has 0 saturated heterocycles. The molecule has 0 saturated carbocycles. The number of aliphatic carboxylic acids is 1. The highest BCUT2D eigenvalue weighted by Crippen LogP contribution is 2.25. The minimum Gasteiger partial charge on any atom is -0.481 e. The predicted octanol–water partition coefficient (Wildman–Crippen LogP) is 2.71. The zero-order valence-electron chi connectivity index (χ0n) is 10.8. The number of carboxylic acid groups (broad SMARTS) is 1. The van der Waals surface area contributed by atoms with Crippen molar-refractivity contribution in [2.75, 3.05) is 5.32 Å². The number of anilines is 1. The number of amides is 1. The first kappa shape index (κ1) is 14.6. The number of carbonyl (C=O) groups excluding carboxylic acids is 1. The second kappa shape index (κ2) is 6.49. The second-order valence-corrected chi connectivity index (χ2v) is 5.61. The summed E-state index contributed by atoms with van der Waals surface area (Å²) in [6.45, 7) is 5.72. The molecule has 1 rings (SSSR count). The summed E-state index contributed by atoms with van der Waals surface area (Å²) in [5, 5.41) is 12.0. The molecule has 1 unspecified atom stereocenters. The standard InChI is InChI=1S/C12H18N2O3S/c1-7(2)9-6-13-12(18-9)14-10(15)5-4-8(3)11(16)17/h6-8H,4-5H2,1-3H3,(H,16,17)(H,13,14,15). The van der Waals surface area contributed by atoms with Crippen LogP contribution in [0.2, 0.25) is 0 Å². The molecule has 1 aromatic rings. The fraction of sp³-hybridized carbons (Fsp3) is 0.583. The zero-order chi connectivity index (χ0) is 13.7. The van der Waals surface area contributed by atoms with Gasteiger partial charge in [-0.15, -0.1) is 11.3 Å². The van der Waals surface area contributed by atoms with Crippen LogP contribution in [0.3, 0.4) is 0 Å². The Morgan fingerprint density at radius 3 is 2.61 bits per heavy atom. The van der Waals surface area contributed by atoms with Gasteiger partial charge in [0.25, 0.3) is 0 Å². The van der Waals surface area contributed by atoms with Crippen LogP contribution in [0, 0.1) is 5.92 Å². The molecule has 0 radical (unpaired) electrons. The predicted molar refractivity (Wildman–Crippen MR) is 70.9 cm³/mol. The van der Waals surface area contributed by atoms with Gasteiger partial charge in [-0.1, -0.05) is 20.8 Å². The van der Waals surface area contributed by atoms with E-state index in [4.69, 9.17) is 5.11 Å². The monoisotopic (exact) mass is 270 g/mol. The Morgan fingerprint density at radius 1 is 1.44 bits per heavy atom. The van der Waals surface area contributed by atoms with Crippen molar-refractivity contribution in [3.8, 4) is 0 Å². The van der Waals surface area contributed by atoms with Crippen molar-refractivity contribution in [1.29, 1.82) is 0 Å². The molecule has 0 bridgehead atoms. The van der Waals surface area contributed by atoms with Gasteiger partial charge < -0.3 is 10.4 Å². The molecule has 5 nitrogen and oxygen atoms in total. The van der Waals surface area contributed by atoms with Crippen LogP contribution in [0.15, 0.2) is 6.20 Å². The van der Waals surface area contributed by atoms with Crippen molar-refractivity contribution in [1.82, 2.24) is 4.98 Å². The van der Waals surface area contributed by atoms with Crippen LogP contribution in [0.4, 0.5) is 5.13 Å². The number of nitrogens with one attached hydrogen (secondary N) is 1. The van der Waals surface area contributed by atoms with Crippen LogP contribution in [0.25, 0.3) is 0 Å². The molecule has 0 aliphatic rings. The number of rotatable bonds is 6. The molecule has 18 heavy (non-hydrogen) atoms. The van der Waals surface area contributed by atoms with E-state index in [1.807, 2.05) is 0 Å². The third-order valence-corrected chi connectivity index (χ3v) is 3.78. The van der Waals surface area contributed by atoms with Crippen molar-refractivity contribution in [3.05, 3.63) is 11.1 Å². The van der Waals surface area contributed by atoms with Crippen molar-refractivity contribution < 1.29 is 14.7 Å². The number of carboxylic acids is 1. The van der Waals surface area contributed by atoms with Crippen LogP contribution in [0.1, 0.15) is 44.4 Å². The maximum Gasteiger partial charge on any atom is 0.306 e. The van der Waals surface area contributed by atoms with Crippen LogP contribution in [-0.2, 0) is 9.59 Å². The minimum atomic E-state index is -0.876. The Bertz CT molecular complexity index is 429. The number of thiazole rings is 1. The number of aromatic nitrogens is 1. The molecule has 1 atom stereocenters. The van der Waals surface area contributed by atoms with Crippen molar-refractivity contribution in [3.63, 3.8) is 0 Å². The Hall–Kier alpha value is -1.43. The largest absolute Gasteiger partial charge is 0.481 e. The summed E-state index contributed by atoms with van der Waals surface area (Å²) < 4.78 is 0. The highest BCUT2D eigenvalue weighted by atomic mass is 32.1. The molecule has 0 aliphatic carbocycles. The maximum atomic E-state index is 11.6. The van der Waals surface area contributed by atoms with Gasteiger partial charge in [-0.2, -0.15) is 0 Å². The normalized spacial score (nSPS) is 12.4. The number of hydrogen-bond acceptors (Lipinski definition) is 4. The van der Waals surface area contributed by atoms with E-state index >= 15 is 0 Å². The molecule has 0 aliphatic heterocycles. The van der Waals surface area contributed by atoms with E-state index in [1.165, 1.54) is 11.3 Å². The van der Waals surface area contributed by atoms with Crippen LogP contribution in [-0.4, -0.2) is 22.0 Å². The van der Waals surface area contributed by atoms with Gasteiger partial charge in [-0.25, -0.2) is 4.98 Å².